The molecule has 0 saturated heterocycles. The molecule has 0 bridgehead atoms. The van der Waals surface area contributed by atoms with Crippen molar-refractivity contribution in [3.8, 4) is 0 Å². The molecule has 5 heteroatoms. The zero-order chi connectivity index (χ0) is 10.1. The molecule has 0 spiro atoms. The Morgan fingerprint density at radius 1 is 1.43 bits per heavy atom. The summed E-state index contributed by atoms with van der Waals surface area (Å²) >= 11 is 0. The van der Waals surface area contributed by atoms with Gasteiger partial charge in [0.1, 0.15) is 0 Å². The van der Waals surface area contributed by atoms with E-state index >= 15 is 0 Å². The van der Waals surface area contributed by atoms with E-state index in [1.54, 1.807) is 0 Å². The molecule has 3 N–H and O–H groups in total. The number of nitrogens with two attached hydrogens (primary N) is 1. The van der Waals surface area contributed by atoms with Crippen LogP contribution in [0.2, 0.25) is 0 Å². The maximum Gasteiger partial charge on any atom is 0.328 e. The van der Waals surface area contributed by atoms with E-state index in [0.717, 1.165) is 19.3 Å². The topological polar surface area (TPSA) is 80.9 Å². The van der Waals surface area contributed by atoms with E-state index < -0.39 is 0 Å². The van der Waals surface area contributed by atoms with Crippen LogP contribution in [0.5, 0.6) is 0 Å². The normalized spacial score (nSPS) is 26.6. The third-order valence-corrected chi connectivity index (χ3v) is 2.74. The first kappa shape index (κ1) is 9.21. The first-order chi connectivity index (χ1) is 6.68. The molecule has 5 nitrogen and oxygen atoms in total. The van der Waals surface area contributed by atoms with Crippen molar-refractivity contribution in [2.75, 3.05) is 0 Å². The molecule has 2 rings (SSSR count). The third kappa shape index (κ3) is 1.50. The van der Waals surface area contributed by atoms with Crippen LogP contribution in [0.15, 0.2) is 21.9 Å². The minimum Gasteiger partial charge on any atom is -0.326 e. The van der Waals surface area contributed by atoms with Crippen molar-refractivity contribution in [2.45, 2.75) is 31.3 Å². The fourth-order valence-electron chi connectivity index (χ4n) is 2.00. The maximum atomic E-state index is 11.4. The Morgan fingerprint density at radius 3 is 2.79 bits per heavy atom. The fraction of sp³-hybridized carbons (Fsp3) is 0.556. The summed E-state index contributed by atoms with van der Waals surface area (Å²) in [5.74, 6) is 0. The van der Waals surface area contributed by atoms with Crippen LogP contribution < -0.4 is 17.0 Å². The van der Waals surface area contributed by atoms with Gasteiger partial charge in [-0.3, -0.25) is 14.3 Å². The number of H-pyrrole nitrogens is 1. The average molecular weight is 195 g/mol. The van der Waals surface area contributed by atoms with E-state index in [2.05, 4.69) is 4.98 Å². The van der Waals surface area contributed by atoms with Gasteiger partial charge in [0.2, 0.25) is 0 Å². The largest absolute Gasteiger partial charge is 0.328 e. The molecular formula is C9H13N3O2. The molecule has 1 fully saturated rings. The van der Waals surface area contributed by atoms with Gasteiger partial charge in [0, 0.05) is 18.3 Å². The second kappa shape index (κ2) is 3.42. The van der Waals surface area contributed by atoms with E-state index in [9.17, 15) is 9.59 Å². The molecule has 0 aliphatic heterocycles. The van der Waals surface area contributed by atoms with Gasteiger partial charge < -0.3 is 5.73 Å². The smallest absolute Gasteiger partial charge is 0.326 e. The van der Waals surface area contributed by atoms with E-state index in [0.29, 0.717) is 0 Å². The molecule has 1 saturated carbocycles. The molecule has 76 valence electrons. The Morgan fingerprint density at radius 2 is 2.21 bits per heavy atom. The first-order valence-electron chi connectivity index (χ1n) is 4.75. The van der Waals surface area contributed by atoms with Gasteiger partial charge in [-0.2, -0.15) is 0 Å². The molecule has 0 amide bonds. The molecule has 1 aliphatic carbocycles. The molecule has 1 aromatic rings. The highest BCUT2D eigenvalue weighted by Gasteiger charge is 2.25. The number of aromatic amines is 1. The molecule has 1 heterocycles. The average Bonchev–Trinajstić information content (AvgIpc) is 2.52. The van der Waals surface area contributed by atoms with Crippen molar-refractivity contribution in [1.82, 2.24) is 9.55 Å². The van der Waals surface area contributed by atoms with Crippen LogP contribution in [-0.4, -0.2) is 15.6 Å². The third-order valence-electron chi connectivity index (χ3n) is 2.74. The van der Waals surface area contributed by atoms with Gasteiger partial charge in [0.05, 0.1) is 6.04 Å². The predicted molar refractivity (Wildman–Crippen MR) is 52.2 cm³/mol. The second-order valence-corrected chi connectivity index (χ2v) is 3.68. The zero-order valence-electron chi connectivity index (χ0n) is 7.77. The number of aromatic nitrogens is 2. The van der Waals surface area contributed by atoms with Crippen LogP contribution in [-0.2, 0) is 0 Å². The van der Waals surface area contributed by atoms with Gasteiger partial charge in [0.15, 0.2) is 0 Å². The molecule has 0 aromatic carbocycles. The van der Waals surface area contributed by atoms with Gasteiger partial charge >= 0.3 is 5.69 Å². The Bertz CT molecular complexity index is 434. The van der Waals surface area contributed by atoms with Crippen LogP contribution >= 0.6 is 0 Å². The van der Waals surface area contributed by atoms with Gasteiger partial charge in [-0.1, -0.05) is 0 Å². The van der Waals surface area contributed by atoms with Crippen molar-refractivity contribution in [3.63, 3.8) is 0 Å². The van der Waals surface area contributed by atoms with Crippen molar-refractivity contribution in [1.29, 1.82) is 0 Å². The van der Waals surface area contributed by atoms with Crippen LogP contribution in [0.1, 0.15) is 25.3 Å². The summed E-state index contributed by atoms with van der Waals surface area (Å²) in [6, 6.07) is 1.42. The summed E-state index contributed by atoms with van der Waals surface area (Å²) in [4.78, 5) is 24.5. The van der Waals surface area contributed by atoms with E-state index in [4.69, 9.17) is 5.73 Å². The highest BCUT2D eigenvalue weighted by molar-refractivity contribution is 4.92. The van der Waals surface area contributed by atoms with Crippen LogP contribution in [0.3, 0.4) is 0 Å². The molecule has 14 heavy (non-hydrogen) atoms. The SMILES string of the molecule is N[C@@H]1CCC[C@@H]1n1ccc(=O)[nH]c1=O. The monoisotopic (exact) mass is 195 g/mol. The van der Waals surface area contributed by atoms with E-state index in [1.165, 1.54) is 16.8 Å². The molecule has 1 aromatic heterocycles. The minimum absolute atomic E-state index is 0.0265. The number of nitrogens with zero attached hydrogens (tertiary/aromatic N) is 1. The Hall–Kier alpha value is -1.36. The first-order valence-corrected chi connectivity index (χ1v) is 4.75. The van der Waals surface area contributed by atoms with Crippen molar-refractivity contribution >= 4 is 0 Å². The lowest BCUT2D eigenvalue weighted by molar-refractivity contribution is 0.441. The summed E-state index contributed by atoms with van der Waals surface area (Å²) in [6.07, 6.45) is 4.41. The predicted octanol–water partition coefficient (Wildman–Crippen LogP) is -0.411. The zero-order valence-corrected chi connectivity index (χ0v) is 7.77. The minimum atomic E-state index is -0.363. The summed E-state index contributed by atoms with van der Waals surface area (Å²) in [7, 11) is 0. The molecule has 2 atom stereocenters. The van der Waals surface area contributed by atoms with Crippen LogP contribution in [0.4, 0.5) is 0 Å². The highest BCUT2D eigenvalue weighted by Crippen LogP contribution is 2.26. The maximum absolute atomic E-state index is 11.4. The Kier molecular flexibility index (Phi) is 2.25. The second-order valence-electron chi connectivity index (χ2n) is 3.68. The van der Waals surface area contributed by atoms with Crippen LogP contribution in [0, 0.1) is 0 Å². The van der Waals surface area contributed by atoms with Gasteiger partial charge in [-0.25, -0.2) is 4.79 Å². The lowest BCUT2D eigenvalue weighted by atomic mass is 10.2. The van der Waals surface area contributed by atoms with Crippen molar-refractivity contribution in [3.05, 3.63) is 33.1 Å². The summed E-state index contributed by atoms with van der Waals surface area (Å²) in [5.41, 5.74) is 5.14. The van der Waals surface area contributed by atoms with Crippen molar-refractivity contribution in [2.24, 2.45) is 5.73 Å². The standard InChI is InChI=1S/C9H13N3O2/c10-6-2-1-3-7(6)12-5-4-8(13)11-9(12)14/h4-7H,1-3,10H2,(H,11,13,14)/t6-,7+/m1/s1. The molecule has 0 unspecified atom stereocenters. The molecule has 1 aliphatic rings. The lowest BCUT2D eigenvalue weighted by Gasteiger charge is -2.17. The van der Waals surface area contributed by atoms with Crippen molar-refractivity contribution < 1.29 is 0 Å². The molecule has 0 radical (unpaired) electrons. The Labute approximate surface area is 80.6 Å². The Balaban J connectivity index is 2.41. The van der Waals surface area contributed by atoms with Gasteiger partial charge in [-0.15, -0.1) is 0 Å². The number of rotatable bonds is 1. The fourth-order valence-corrected chi connectivity index (χ4v) is 2.00. The molecular weight excluding hydrogens is 182 g/mol. The van der Waals surface area contributed by atoms with Crippen LogP contribution in [0.25, 0.3) is 0 Å². The number of nitrogens with one attached hydrogen (secondary N) is 1. The number of hydrogen-bond acceptors (Lipinski definition) is 3. The summed E-state index contributed by atoms with van der Waals surface area (Å²) in [5, 5.41) is 0. The number of hydrogen-bond donors (Lipinski definition) is 2. The quantitative estimate of drug-likeness (QED) is 0.639. The van der Waals surface area contributed by atoms with E-state index in [-0.39, 0.29) is 23.3 Å². The van der Waals surface area contributed by atoms with Gasteiger partial charge in [0.25, 0.3) is 5.56 Å². The summed E-state index contributed by atoms with van der Waals surface area (Å²) in [6.45, 7) is 0. The van der Waals surface area contributed by atoms with Gasteiger partial charge in [-0.05, 0) is 19.3 Å². The lowest BCUT2D eigenvalue weighted by Crippen LogP contribution is -2.37. The summed E-state index contributed by atoms with van der Waals surface area (Å²) < 4.78 is 1.53. The van der Waals surface area contributed by atoms with E-state index in [1.807, 2.05) is 0 Å². The highest BCUT2D eigenvalue weighted by atomic mass is 16.2.